The standard InChI is InChI=1S/C10H16F2O4S2/c11-17(13,14)9-5-1-3-7-8(9)4-2-6-10(7)18(12,15)16/h7-10H,1-6H2. The lowest BCUT2D eigenvalue weighted by Crippen LogP contribution is -2.46. The van der Waals surface area contributed by atoms with Crippen molar-refractivity contribution in [2.24, 2.45) is 11.8 Å². The summed E-state index contributed by atoms with van der Waals surface area (Å²) < 4.78 is 70.7. The van der Waals surface area contributed by atoms with Crippen molar-refractivity contribution in [2.75, 3.05) is 0 Å². The summed E-state index contributed by atoms with van der Waals surface area (Å²) >= 11 is 0. The van der Waals surface area contributed by atoms with Gasteiger partial charge in [-0.15, -0.1) is 7.77 Å². The van der Waals surface area contributed by atoms with Gasteiger partial charge in [-0.3, -0.25) is 0 Å². The van der Waals surface area contributed by atoms with Crippen molar-refractivity contribution in [2.45, 2.75) is 49.0 Å². The smallest absolute Gasteiger partial charge is 0.195 e. The summed E-state index contributed by atoms with van der Waals surface area (Å²) in [6, 6.07) is 0. The first-order chi connectivity index (χ1) is 8.21. The molecule has 0 aliphatic heterocycles. The van der Waals surface area contributed by atoms with Crippen LogP contribution in [0.25, 0.3) is 0 Å². The van der Waals surface area contributed by atoms with E-state index in [4.69, 9.17) is 0 Å². The third-order valence-electron chi connectivity index (χ3n) is 4.28. The van der Waals surface area contributed by atoms with Gasteiger partial charge in [0, 0.05) is 0 Å². The van der Waals surface area contributed by atoms with Crippen molar-refractivity contribution in [3.05, 3.63) is 0 Å². The zero-order chi connectivity index (χ0) is 13.6. The third-order valence-corrected chi connectivity index (χ3v) is 6.90. The van der Waals surface area contributed by atoms with E-state index < -0.39 is 42.8 Å². The number of hydrogen-bond acceptors (Lipinski definition) is 4. The second kappa shape index (κ2) is 4.70. The maximum atomic E-state index is 13.2. The Morgan fingerprint density at radius 3 is 1.28 bits per heavy atom. The first-order valence-electron chi connectivity index (χ1n) is 6.08. The highest BCUT2D eigenvalue weighted by Crippen LogP contribution is 2.46. The molecule has 4 unspecified atom stereocenters. The molecule has 0 aromatic carbocycles. The fraction of sp³-hybridized carbons (Fsp3) is 1.00. The minimum absolute atomic E-state index is 0.207. The van der Waals surface area contributed by atoms with E-state index in [0.717, 1.165) is 0 Å². The molecular weight excluding hydrogens is 286 g/mol. The summed E-state index contributed by atoms with van der Waals surface area (Å²) in [6.45, 7) is 0. The van der Waals surface area contributed by atoms with Crippen molar-refractivity contribution in [1.29, 1.82) is 0 Å². The van der Waals surface area contributed by atoms with Crippen molar-refractivity contribution in [3.63, 3.8) is 0 Å². The van der Waals surface area contributed by atoms with E-state index >= 15 is 0 Å². The molecule has 4 atom stereocenters. The summed E-state index contributed by atoms with van der Waals surface area (Å²) in [7, 11) is -9.36. The van der Waals surface area contributed by atoms with Gasteiger partial charge in [0.15, 0.2) is 0 Å². The van der Waals surface area contributed by atoms with Crippen LogP contribution in [0.1, 0.15) is 38.5 Å². The lowest BCUT2D eigenvalue weighted by Gasteiger charge is -2.42. The maximum Gasteiger partial charge on any atom is 0.305 e. The highest BCUT2D eigenvalue weighted by Gasteiger charge is 2.49. The Labute approximate surface area is 106 Å². The predicted molar refractivity (Wildman–Crippen MR) is 62.3 cm³/mol. The van der Waals surface area contributed by atoms with Gasteiger partial charge in [-0.05, 0) is 37.5 Å². The molecule has 0 aromatic rings. The first-order valence-corrected chi connectivity index (χ1v) is 8.97. The van der Waals surface area contributed by atoms with Gasteiger partial charge in [-0.2, -0.15) is 16.8 Å². The van der Waals surface area contributed by atoms with Crippen LogP contribution in [0.5, 0.6) is 0 Å². The molecule has 2 aliphatic rings. The zero-order valence-corrected chi connectivity index (χ0v) is 11.4. The van der Waals surface area contributed by atoms with E-state index in [9.17, 15) is 24.6 Å². The fourth-order valence-electron chi connectivity index (χ4n) is 3.59. The van der Waals surface area contributed by atoms with Crippen LogP contribution in [0.3, 0.4) is 0 Å². The molecule has 0 heterocycles. The van der Waals surface area contributed by atoms with Gasteiger partial charge in [0.05, 0.1) is 10.5 Å². The molecule has 18 heavy (non-hydrogen) atoms. The topological polar surface area (TPSA) is 68.3 Å². The molecular formula is C10H16F2O4S2. The predicted octanol–water partition coefficient (Wildman–Crippen LogP) is 1.92. The molecule has 0 saturated heterocycles. The van der Waals surface area contributed by atoms with Crippen molar-refractivity contribution < 1.29 is 24.6 Å². The molecule has 8 heteroatoms. The highest BCUT2D eigenvalue weighted by atomic mass is 32.3. The van der Waals surface area contributed by atoms with E-state index in [2.05, 4.69) is 0 Å². The number of fused-ring (bicyclic) bond motifs is 1. The van der Waals surface area contributed by atoms with Crippen LogP contribution in [0.4, 0.5) is 7.77 Å². The summed E-state index contributed by atoms with van der Waals surface area (Å²) in [4.78, 5) is 0. The third kappa shape index (κ3) is 2.68. The van der Waals surface area contributed by atoms with Crippen molar-refractivity contribution >= 4 is 20.4 Å². The van der Waals surface area contributed by atoms with Gasteiger partial charge < -0.3 is 0 Å². The molecule has 0 bridgehead atoms. The van der Waals surface area contributed by atoms with Crippen LogP contribution in [-0.4, -0.2) is 27.3 Å². The van der Waals surface area contributed by atoms with Gasteiger partial charge in [0.2, 0.25) is 0 Å². The Morgan fingerprint density at radius 1 is 0.667 bits per heavy atom. The van der Waals surface area contributed by atoms with Gasteiger partial charge >= 0.3 is 20.4 Å². The maximum absolute atomic E-state index is 13.2. The van der Waals surface area contributed by atoms with Crippen molar-refractivity contribution in [1.82, 2.24) is 0 Å². The first kappa shape index (κ1) is 14.2. The SMILES string of the molecule is O=S(=O)(F)C1CCCC2C1CCCC2S(=O)(=O)F. The molecule has 2 rings (SSSR count). The number of rotatable bonds is 2. The molecule has 0 aromatic heterocycles. The molecule has 106 valence electrons. The Morgan fingerprint density at radius 2 is 1.00 bits per heavy atom. The molecule has 2 fully saturated rings. The average molecular weight is 302 g/mol. The lowest BCUT2D eigenvalue weighted by molar-refractivity contribution is 0.172. The van der Waals surface area contributed by atoms with Gasteiger partial charge in [0.1, 0.15) is 0 Å². The highest BCUT2D eigenvalue weighted by molar-refractivity contribution is 7.87. The Kier molecular flexibility index (Phi) is 3.70. The molecule has 2 aliphatic carbocycles. The van der Waals surface area contributed by atoms with Crippen LogP contribution in [0.2, 0.25) is 0 Å². The Hall–Kier alpha value is -0.240. The molecule has 2 saturated carbocycles. The second-order valence-electron chi connectivity index (χ2n) is 5.22. The van der Waals surface area contributed by atoms with E-state index in [1.807, 2.05) is 0 Å². The monoisotopic (exact) mass is 302 g/mol. The normalized spacial score (nSPS) is 38.1. The van der Waals surface area contributed by atoms with Gasteiger partial charge in [-0.1, -0.05) is 12.8 Å². The second-order valence-corrected chi connectivity index (χ2v) is 8.33. The van der Waals surface area contributed by atoms with Crippen LogP contribution >= 0.6 is 0 Å². The lowest BCUT2D eigenvalue weighted by atomic mass is 9.70. The summed E-state index contributed by atoms with van der Waals surface area (Å²) in [5, 5.41) is -2.30. The zero-order valence-electron chi connectivity index (χ0n) is 9.76. The largest absolute Gasteiger partial charge is 0.305 e. The number of halogens is 2. The van der Waals surface area contributed by atoms with Crippen molar-refractivity contribution in [3.8, 4) is 0 Å². The van der Waals surface area contributed by atoms with E-state index in [1.165, 1.54) is 0 Å². The van der Waals surface area contributed by atoms with Gasteiger partial charge in [0.25, 0.3) is 0 Å². The van der Waals surface area contributed by atoms with Crippen LogP contribution < -0.4 is 0 Å². The summed E-state index contributed by atoms with van der Waals surface area (Å²) in [5.74, 6) is -1.11. The Balaban J connectivity index is 2.31. The van der Waals surface area contributed by atoms with Gasteiger partial charge in [-0.25, -0.2) is 0 Å². The fourth-order valence-corrected chi connectivity index (χ4v) is 6.00. The van der Waals surface area contributed by atoms with Crippen LogP contribution in [-0.2, 0) is 20.4 Å². The van der Waals surface area contributed by atoms with E-state index in [1.54, 1.807) is 0 Å². The molecule has 0 radical (unpaired) electrons. The van der Waals surface area contributed by atoms with Crippen LogP contribution in [0, 0.1) is 11.8 Å². The molecule has 0 amide bonds. The van der Waals surface area contributed by atoms with E-state index in [0.29, 0.717) is 25.7 Å². The minimum Gasteiger partial charge on any atom is -0.195 e. The summed E-state index contributed by atoms with van der Waals surface area (Å²) in [6.07, 6.45) is 2.20. The average Bonchev–Trinajstić information content (AvgIpc) is 2.24. The minimum atomic E-state index is -4.68. The molecule has 4 nitrogen and oxygen atoms in total. The molecule has 0 N–H and O–H groups in total. The quantitative estimate of drug-likeness (QED) is 0.731. The van der Waals surface area contributed by atoms with E-state index in [-0.39, 0.29) is 12.8 Å². The Bertz CT molecular complexity index is 466. The number of hydrogen-bond donors (Lipinski definition) is 0. The van der Waals surface area contributed by atoms with Crippen LogP contribution in [0.15, 0.2) is 0 Å². The summed E-state index contributed by atoms with van der Waals surface area (Å²) in [5.41, 5.74) is 0. The molecule has 0 spiro atoms.